The lowest BCUT2D eigenvalue weighted by atomic mass is 10.2. The van der Waals surface area contributed by atoms with E-state index in [1.165, 1.54) is 51.4 Å². The molecule has 2 aromatic rings. The van der Waals surface area contributed by atoms with Gasteiger partial charge in [0.25, 0.3) is 0 Å². The smallest absolute Gasteiger partial charge is 0.304 e. The molecule has 2 aromatic carbocycles. The van der Waals surface area contributed by atoms with E-state index in [-0.39, 0.29) is 12.2 Å². The molecule has 0 atom stereocenters. The van der Waals surface area contributed by atoms with E-state index in [1.54, 1.807) is 25.2 Å². The van der Waals surface area contributed by atoms with E-state index in [0.29, 0.717) is 11.5 Å². The van der Waals surface area contributed by atoms with Gasteiger partial charge in [0.15, 0.2) is 11.5 Å². The van der Waals surface area contributed by atoms with E-state index in [1.807, 2.05) is 0 Å². The third-order valence-corrected chi connectivity index (χ3v) is 6.24. The summed E-state index contributed by atoms with van der Waals surface area (Å²) in [6.07, 6.45) is 0. The molecule has 0 aromatic heterocycles. The summed E-state index contributed by atoms with van der Waals surface area (Å²) in [5, 5.41) is 0. The van der Waals surface area contributed by atoms with Crippen LogP contribution in [0.5, 0.6) is 11.5 Å². The first kappa shape index (κ1) is 23.4. The van der Waals surface area contributed by atoms with E-state index < -0.39 is 28.5 Å². The van der Waals surface area contributed by atoms with Gasteiger partial charge in [0.2, 0.25) is 5.91 Å². The Bertz CT molecular complexity index is 998. The van der Waals surface area contributed by atoms with Crippen molar-refractivity contribution in [2.75, 3.05) is 46.2 Å². The van der Waals surface area contributed by atoms with Crippen LogP contribution in [0.3, 0.4) is 0 Å². The molecule has 0 saturated carbocycles. The normalized spacial score (nSPS) is 11.3. The number of rotatable bonds is 9. The van der Waals surface area contributed by atoms with Gasteiger partial charge in [-0.15, -0.1) is 0 Å². The van der Waals surface area contributed by atoms with E-state index in [4.69, 9.17) is 9.47 Å². The third-order valence-electron chi connectivity index (χ3n) is 4.43. The fourth-order valence-electron chi connectivity index (χ4n) is 2.73. The summed E-state index contributed by atoms with van der Waals surface area (Å²) < 4.78 is 51.9. The highest BCUT2D eigenvalue weighted by Gasteiger charge is 2.30. The van der Waals surface area contributed by atoms with Crippen LogP contribution in [-0.4, -0.2) is 65.4 Å². The van der Waals surface area contributed by atoms with Crippen molar-refractivity contribution in [2.45, 2.75) is 6.54 Å². The minimum Gasteiger partial charge on any atom is -0.493 e. The van der Waals surface area contributed by atoms with Crippen molar-refractivity contribution >= 4 is 21.8 Å². The molecule has 164 valence electrons. The lowest BCUT2D eigenvalue weighted by Crippen LogP contribution is -2.46. The highest BCUT2D eigenvalue weighted by Crippen LogP contribution is 2.28. The molecule has 0 aliphatic carbocycles. The molecular formula is C20H26FN3O5S. The number of nitrogens with zero attached hydrogens (tertiary/aromatic N) is 3. The van der Waals surface area contributed by atoms with Crippen LogP contribution in [0.2, 0.25) is 0 Å². The second-order valence-electron chi connectivity index (χ2n) is 6.69. The number of amides is 1. The molecule has 0 N–H and O–H groups in total. The number of hydrogen-bond acceptors (Lipinski definition) is 5. The molecule has 0 radical (unpaired) electrons. The number of methoxy groups -OCH3 is 2. The first-order chi connectivity index (χ1) is 14.1. The van der Waals surface area contributed by atoms with Crippen LogP contribution in [0, 0.1) is 5.82 Å². The second kappa shape index (κ2) is 9.77. The molecule has 0 aliphatic heterocycles. The lowest BCUT2D eigenvalue weighted by Gasteiger charge is -2.29. The standard InChI is InChI=1S/C20H26FN3O5S/c1-22(2)30(26,27)24(17-9-7-6-8-16(17)21)14-20(25)23(3)13-15-10-11-18(28-4)19(12-15)29-5/h6-12H,13-14H2,1-5H3. The molecular weight excluding hydrogens is 413 g/mol. The molecule has 0 saturated heterocycles. The zero-order valence-electron chi connectivity index (χ0n) is 17.6. The monoisotopic (exact) mass is 439 g/mol. The first-order valence-corrected chi connectivity index (χ1v) is 10.4. The van der Waals surface area contributed by atoms with Crippen LogP contribution in [0.4, 0.5) is 10.1 Å². The zero-order chi connectivity index (χ0) is 22.5. The number of para-hydroxylation sites is 1. The molecule has 8 nitrogen and oxygen atoms in total. The van der Waals surface area contributed by atoms with Crippen molar-refractivity contribution in [1.82, 2.24) is 9.21 Å². The summed E-state index contributed by atoms with van der Waals surface area (Å²) in [6.45, 7) is -0.350. The van der Waals surface area contributed by atoms with Crippen molar-refractivity contribution in [3.8, 4) is 11.5 Å². The predicted octanol–water partition coefficient (Wildman–Crippen LogP) is 2.11. The van der Waals surface area contributed by atoms with Gasteiger partial charge in [0.05, 0.1) is 19.9 Å². The Morgan fingerprint density at radius 1 is 1.00 bits per heavy atom. The zero-order valence-corrected chi connectivity index (χ0v) is 18.4. The SMILES string of the molecule is COc1ccc(CN(C)C(=O)CN(c2ccccc2F)S(=O)(=O)N(C)C)cc1OC. The molecule has 0 unspecified atom stereocenters. The largest absolute Gasteiger partial charge is 0.493 e. The van der Waals surface area contributed by atoms with Gasteiger partial charge >= 0.3 is 10.2 Å². The van der Waals surface area contributed by atoms with Crippen LogP contribution < -0.4 is 13.8 Å². The van der Waals surface area contributed by atoms with Crippen molar-refractivity contribution in [1.29, 1.82) is 0 Å². The molecule has 2 rings (SSSR count). The molecule has 10 heteroatoms. The number of benzene rings is 2. The van der Waals surface area contributed by atoms with Crippen LogP contribution in [0.15, 0.2) is 42.5 Å². The number of likely N-dealkylation sites (N-methyl/N-ethyl adjacent to an activating group) is 1. The van der Waals surface area contributed by atoms with Crippen LogP contribution in [0.25, 0.3) is 0 Å². The maximum atomic E-state index is 14.3. The van der Waals surface area contributed by atoms with E-state index in [0.717, 1.165) is 20.2 Å². The fourth-order valence-corrected chi connectivity index (χ4v) is 3.79. The van der Waals surface area contributed by atoms with Gasteiger partial charge in [0.1, 0.15) is 12.4 Å². The topological polar surface area (TPSA) is 79.4 Å². The Kier molecular flexibility index (Phi) is 7.63. The van der Waals surface area contributed by atoms with Gasteiger partial charge in [-0.2, -0.15) is 12.7 Å². The number of ether oxygens (including phenoxy) is 2. The van der Waals surface area contributed by atoms with Gasteiger partial charge in [-0.25, -0.2) is 8.70 Å². The summed E-state index contributed by atoms with van der Waals surface area (Å²) in [6, 6.07) is 10.6. The van der Waals surface area contributed by atoms with Crippen molar-refractivity contribution in [2.24, 2.45) is 0 Å². The number of anilines is 1. The van der Waals surface area contributed by atoms with Gasteiger partial charge < -0.3 is 14.4 Å². The van der Waals surface area contributed by atoms with E-state index >= 15 is 0 Å². The van der Waals surface area contributed by atoms with Crippen LogP contribution in [-0.2, 0) is 21.5 Å². The van der Waals surface area contributed by atoms with Gasteiger partial charge in [-0.1, -0.05) is 18.2 Å². The molecule has 0 spiro atoms. The van der Waals surface area contributed by atoms with E-state index in [2.05, 4.69) is 0 Å². The Morgan fingerprint density at radius 2 is 1.63 bits per heavy atom. The summed E-state index contributed by atoms with van der Waals surface area (Å²) in [5.74, 6) is -0.172. The molecule has 0 heterocycles. The summed E-state index contributed by atoms with van der Waals surface area (Å²) in [5.41, 5.74) is 0.565. The number of carbonyl (C=O) groups is 1. The molecule has 1 amide bonds. The third kappa shape index (κ3) is 5.19. The summed E-state index contributed by atoms with van der Waals surface area (Å²) in [7, 11) is 3.12. The van der Waals surface area contributed by atoms with Crippen molar-refractivity contribution in [3.63, 3.8) is 0 Å². The molecule has 0 bridgehead atoms. The van der Waals surface area contributed by atoms with Gasteiger partial charge in [-0.05, 0) is 29.8 Å². The van der Waals surface area contributed by atoms with Crippen LogP contribution >= 0.6 is 0 Å². The Morgan fingerprint density at radius 3 is 2.20 bits per heavy atom. The Balaban J connectivity index is 2.26. The average molecular weight is 440 g/mol. The molecule has 0 aliphatic rings. The summed E-state index contributed by atoms with van der Waals surface area (Å²) >= 11 is 0. The second-order valence-corrected chi connectivity index (χ2v) is 8.75. The number of halogens is 1. The minimum atomic E-state index is -4.09. The quantitative estimate of drug-likeness (QED) is 0.598. The first-order valence-electron chi connectivity index (χ1n) is 9.01. The molecule has 30 heavy (non-hydrogen) atoms. The maximum Gasteiger partial charge on any atom is 0.304 e. The average Bonchev–Trinajstić information content (AvgIpc) is 2.72. The minimum absolute atomic E-state index is 0.195. The highest BCUT2D eigenvalue weighted by molar-refractivity contribution is 7.90. The highest BCUT2D eigenvalue weighted by atomic mass is 32.2. The van der Waals surface area contributed by atoms with E-state index in [9.17, 15) is 17.6 Å². The Labute approximate surface area is 176 Å². The maximum absolute atomic E-state index is 14.3. The lowest BCUT2D eigenvalue weighted by molar-refractivity contribution is -0.128. The van der Waals surface area contributed by atoms with Gasteiger partial charge in [0, 0.05) is 27.7 Å². The molecule has 0 fully saturated rings. The van der Waals surface area contributed by atoms with Gasteiger partial charge in [-0.3, -0.25) is 4.79 Å². The van der Waals surface area contributed by atoms with Crippen LogP contribution in [0.1, 0.15) is 5.56 Å². The van der Waals surface area contributed by atoms with Crippen molar-refractivity contribution < 1.29 is 27.1 Å². The number of hydrogen-bond donors (Lipinski definition) is 0. The predicted molar refractivity (Wildman–Crippen MR) is 112 cm³/mol. The number of carbonyl (C=O) groups excluding carboxylic acids is 1. The fraction of sp³-hybridized carbons (Fsp3) is 0.350. The summed E-state index contributed by atoms with van der Waals surface area (Å²) in [4.78, 5) is 14.2. The van der Waals surface area contributed by atoms with Crippen molar-refractivity contribution in [3.05, 3.63) is 53.8 Å². The Hall–Kier alpha value is -2.85.